The minimum Gasteiger partial charge on any atom is -0.356 e. The predicted molar refractivity (Wildman–Crippen MR) is 80.1 cm³/mol. The van der Waals surface area contributed by atoms with E-state index in [1.165, 1.54) is 18.2 Å². The van der Waals surface area contributed by atoms with Crippen LogP contribution in [0, 0.1) is 5.82 Å². The number of thioether (sulfide) groups is 1. The summed E-state index contributed by atoms with van der Waals surface area (Å²) in [7, 11) is 0. The van der Waals surface area contributed by atoms with Gasteiger partial charge >= 0.3 is 0 Å². The van der Waals surface area contributed by atoms with Gasteiger partial charge in [0.2, 0.25) is 0 Å². The van der Waals surface area contributed by atoms with Crippen molar-refractivity contribution in [2.45, 2.75) is 24.4 Å². The fraction of sp³-hybridized carbons (Fsp3) is 0.462. The van der Waals surface area contributed by atoms with Crippen molar-refractivity contribution in [1.29, 1.82) is 0 Å². The Morgan fingerprint density at radius 1 is 1.25 bits per heavy atom. The molecule has 106 valence electrons. The molecule has 7 heteroatoms. The van der Waals surface area contributed by atoms with Crippen molar-refractivity contribution in [1.82, 2.24) is 15.0 Å². The van der Waals surface area contributed by atoms with Crippen LogP contribution in [0.25, 0.3) is 10.9 Å². The van der Waals surface area contributed by atoms with Crippen molar-refractivity contribution in [3.8, 4) is 0 Å². The van der Waals surface area contributed by atoms with Gasteiger partial charge in [0.25, 0.3) is 0 Å². The van der Waals surface area contributed by atoms with Crippen LogP contribution in [0.3, 0.4) is 0 Å². The van der Waals surface area contributed by atoms with Gasteiger partial charge in [-0.2, -0.15) is 0 Å². The molecule has 0 aromatic carbocycles. The molecule has 0 spiro atoms. The van der Waals surface area contributed by atoms with Gasteiger partial charge in [-0.1, -0.05) is 23.4 Å². The van der Waals surface area contributed by atoms with Gasteiger partial charge in [-0.3, -0.25) is 0 Å². The molecule has 1 saturated heterocycles. The van der Waals surface area contributed by atoms with Crippen molar-refractivity contribution >= 4 is 40.1 Å². The molecule has 1 aliphatic rings. The molecule has 20 heavy (non-hydrogen) atoms. The first-order valence-corrected chi connectivity index (χ1v) is 8.11. The van der Waals surface area contributed by atoms with Gasteiger partial charge in [0.15, 0.2) is 16.1 Å². The summed E-state index contributed by atoms with van der Waals surface area (Å²) in [6.45, 7) is 1.87. The van der Waals surface area contributed by atoms with Crippen LogP contribution in [0.1, 0.15) is 19.3 Å². The van der Waals surface area contributed by atoms with Crippen molar-refractivity contribution in [2.75, 3.05) is 24.2 Å². The van der Waals surface area contributed by atoms with Crippen LogP contribution in [0.15, 0.2) is 11.4 Å². The molecule has 0 N–H and O–H groups in total. The molecule has 0 atom stereocenters. The molecule has 0 unspecified atom stereocenters. The summed E-state index contributed by atoms with van der Waals surface area (Å²) >= 11 is 7.15. The molecular weight excluding hydrogens is 299 g/mol. The molecule has 0 bridgehead atoms. The largest absolute Gasteiger partial charge is 0.356 e. The predicted octanol–water partition coefficient (Wildman–Crippen LogP) is 3.53. The maximum absolute atomic E-state index is 14.1. The second-order valence-corrected chi connectivity index (χ2v) is 5.84. The number of hydrogen-bond donors (Lipinski definition) is 0. The zero-order chi connectivity index (χ0) is 14.1. The Labute approximate surface area is 125 Å². The summed E-state index contributed by atoms with van der Waals surface area (Å²) < 4.78 is 14.1. The van der Waals surface area contributed by atoms with Gasteiger partial charge in [-0.05, 0) is 25.5 Å². The lowest BCUT2D eigenvalue weighted by atomic mass is 10.1. The highest BCUT2D eigenvalue weighted by atomic mass is 35.5. The first-order chi connectivity index (χ1) is 9.70. The number of halogens is 2. The number of pyridine rings is 1. The molecule has 2 aromatic heterocycles. The summed E-state index contributed by atoms with van der Waals surface area (Å²) in [5.74, 6) is 0.197. The normalized spacial score (nSPS) is 15.8. The second-order valence-electron chi connectivity index (χ2n) is 4.71. The number of fused-ring (bicyclic) bond motifs is 1. The van der Waals surface area contributed by atoms with E-state index in [9.17, 15) is 4.39 Å². The fourth-order valence-corrected chi connectivity index (χ4v) is 2.94. The number of piperidine rings is 1. The third-order valence-electron chi connectivity index (χ3n) is 3.44. The zero-order valence-corrected chi connectivity index (χ0v) is 12.6. The van der Waals surface area contributed by atoms with Gasteiger partial charge in [0.05, 0.1) is 5.39 Å². The Hall–Kier alpha value is -1.14. The lowest BCUT2D eigenvalue weighted by molar-refractivity contribution is 0.572. The SMILES string of the molecule is CSc1nc(N2CCCCC2)c2cnc(Cl)c(F)c2n1. The minimum atomic E-state index is -0.569. The summed E-state index contributed by atoms with van der Waals surface area (Å²) in [5.41, 5.74) is 0.255. The first-order valence-electron chi connectivity index (χ1n) is 6.51. The average molecular weight is 313 g/mol. The van der Waals surface area contributed by atoms with Gasteiger partial charge < -0.3 is 4.90 Å². The number of aromatic nitrogens is 3. The Kier molecular flexibility index (Phi) is 3.94. The molecule has 0 amide bonds. The van der Waals surface area contributed by atoms with Crippen molar-refractivity contribution in [3.63, 3.8) is 0 Å². The van der Waals surface area contributed by atoms with Gasteiger partial charge in [0.1, 0.15) is 11.3 Å². The van der Waals surface area contributed by atoms with Crippen molar-refractivity contribution in [2.24, 2.45) is 0 Å². The highest BCUT2D eigenvalue weighted by Crippen LogP contribution is 2.31. The van der Waals surface area contributed by atoms with E-state index in [1.807, 2.05) is 6.26 Å². The zero-order valence-electron chi connectivity index (χ0n) is 11.1. The number of anilines is 1. The maximum atomic E-state index is 14.1. The monoisotopic (exact) mass is 312 g/mol. The van der Waals surface area contributed by atoms with E-state index in [1.54, 1.807) is 6.20 Å². The molecule has 3 heterocycles. The van der Waals surface area contributed by atoms with Crippen LogP contribution in [-0.2, 0) is 0 Å². The standard InChI is InChI=1S/C13H14ClFN4S/c1-20-13-17-10-8(7-16-11(14)9(10)15)12(18-13)19-5-3-2-4-6-19/h7H,2-6H2,1H3. The lowest BCUT2D eigenvalue weighted by Gasteiger charge is -2.28. The van der Waals surface area contributed by atoms with Crippen LogP contribution in [-0.4, -0.2) is 34.3 Å². The van der Waals surface area contributed by atoms with Gasteiger partial charge in [-0.25, -0.2) is 19.3 Å². The molecule has 2 aromatic rings. The lowest BCUT2D eigenvalue weighted by Crippen LogP contribution is -2.30. The van der Waals surface area contributed by atoms with E-state index in [0.29, 0.717) is 10.5 Å². The Morgan fingerprint density at radius 3 is 2.70 bits per heavy atom. The van der Waals surface area contributed by atoms with Crippen LogP contribution in [0.5, 0.6) is 0 Å². The Morgan fingerprint density at radius 2 is 2.00 bits per heavy atom. The highest BCUT2D eigenvalue weighted by Gasteiger charge is 2.20. The molecule has 1 fully saturated rings. The van der Waals surface area contributed by atoms with Crippen LogP contribution in [0.4, 0.5) is 10.2 Å². The Balaban J connectivity index is 2.21. The second kappa shape index (κ2) is 5.69. The average Bonchev–Trinajstić information content (AvgIpc) is 2.51. The van der Waals surface area contributed by atoms with E-state index in [0.717, 1.165) is 31.7 Å². The smallest absolute Gasteiger partial charge is 0.189 e. The number of hydrogen-bond acceptors (Lipinski definition) is 5. The molecule has 1 aliphatic heterocycles. The third kappa shape index (κ3) is 2.42. The Bertz CT molecular complexity index is 646. The fourth-order valence-electron chi connectivity index (χ4n) is 2.44. The third-order valence-corrected chi connectivity index (χ3v) is 4.25. The van der Waals surface area contributed by atoms with E-state index in [4.69, 9.17) is 11.6 Å². The van der Waals surface area contributed by atoms with Crippen LogP contribution in [0.2, 0.25) is 5.15 Å². The van der Waals surface area contributed by atoms with E-state index in [2.05, 4.69) is 19.9 Å². The van der Waals surface area contributed by atoms with E-state index in [-0.39, 0.29) is 10.7 Å². The molecule has 0 radical (unpaired) electrons. The highest BCUT2D eigenvalue weighted by molar-refractivity contribution is 7.98. The molecular formula is C13H14ClFN4S. The summed E-state index contributed by atoms with van der Waals surface area (Å²) in [5, 5.41) is 1.04. The minimum absolute atomic E-state index is 0.146. The molecule has 0 aliphatic carbocycles. The summed E-state index contributed by atoms with van der Waals surface area (Å²) in [4.78, 5) is 14.9. The van der Waals surface area contributed by atoms with Gasteiger partial charge in [0, 0.05) is 19.3 Å². The molecule has 4 nitrogen and oxygen atoms in total. The van der Waals surface area contributed by atoms with E-state index < -0.39 is 5.82 Å². The van der Waals surface area contributed by atoms with Crippen LogP contribution < -0.4 is 4.90 Å². The van der Waals surface area contributed by atoms with Crippen molar-refractivity contribution < 1.29 is 4.39 Å². The summed E-state index contributed by atoms with van der Waals surface area (Å²) in [6.07, 6.45) is 6.93. The van der Waals surface area contributed by atoms with E-state index >= 15 is 0 Å². The maximum Gasteiger partial charge on any atom is 0.189 e. The first kappa shape index (κ1) is 13.8. The van der Waals surface area contributed by atoms with Crippen LogP contribution >= 0.6 is 23.4 Å². The number of rotatable bonds is 2. The molecule has 3 rings (SSSR count). The quantitative estimate of drug-likeness (QED) is 0.482. The molecule has 0 saturated carbocycles. The topological polar surface area (TPSA) is 41.9 Å². The van der Waals surface area contributed by atoms with Gasteiger partial charge in [-0.15, -0.1) is 0 Å². The summed E-state index contributed by atoms with van der Waals surface area (Å²) in [6, 6.07) is 0. The number of nitrogens with zero attached hydrogens (tertiary/aromatic N) is 4. The van der Waals surface area contributed by atoms with Crippen molar-refractivity contribution in [3.05, 3.63) is 17.2 Å².